The van der Waals surface area contributed by atoms with Crippen molar-refractivity contribution >= 4 is 37.3 Å². The highest BCUT2D eigenvalue weighted by molar-refractivity contribution is 9.10. The molecule has 2 N–H and O–H groups in total. The average molecular weight is 341 g/mol. The third-order valence-corrected chi connectivity index (χ3v) is 4.79. The summed E-state index contributed by atoms with van der Waals surface area (Å²) >= 11 is 5.13. The molecular formula is C10H17BrN2O2S2. The Labute approximate surface area is 115 Å². The maximum atomic E-state index is 10.8. The van der Waals surface area contributed by atoms with Crippen molar-refractivity contribution in [2.24, 2.45) is 0 Å². The molecule has 1 atom stereocenters. The summed E-state index contributed by atoms with van der Waals surface area (Å²) in [4.78, 5) is 1.27. The molecule has 98 valence electrons. The highest BCUT2D eigenvalue weighted by Gasteiger charge is 2.07. The molecule has 4 nitrogen and oxygen atoms in total. The van der Waals surface area contributed by atoms with Crippen LogP contribution in [0.5, 0.6) is 0 Å². The number of halogens is 1. The van der Waals surface area contributed by atoms with E-state index >= 15 is 0 Å². The summed E-state index contributed by atoms with van der Waals surface area (Å²) in [6.07, 6.45) is 1.95. The Balaban J connectivity index is 2.19. The molecule has 0 saturated heterocycles. The molecule has 0 fully saturated rings. The quantitative estimate of drug-likeness (QED) is 0.747. The number of hydrogen-bond acceptors (Lipinski definition) is 4. The van der Waals surface area contributed by atoms with Crippen LogP contribution in [-0.4, -0.2) is 27.8 Å². The minimum Gasteiger partial charge on any atom is -0.309 e. The Morgan fingerprint density at radius 2 is 2.18 bits per heavy atom. The minimum absolute atomic E-state index is 0.296. The smallest absolute Gasteiger partial charge is 0.208 e. The van der Waals surface area contributed by atoms with Crippen molar-refractivity contribution in [1.29, 1.82) is 0 Å². The van der Waals surface area contributed by atoms with Crippen molar-refractivity contribution < 1.29 is 8.42 Å². The predicted octanol–water partition coefficient (Wildman–Crippen LogP) is 2.10. The molecule has 17 heavy (non-hydrogen) atoms. The van der Waals surface area contributed by atoms with Crippen LogP contribution >= 0.6 is 27.3 Å². The van der Waals surface area contributed by atoms with E-state index in [1.165, 1.54) is 11.1 Å². The van der Waals surface area contributed by atoms with Crippen molar-refractivity contribution in [2.45, 2.75) is 19.4 Å². The normalized spacial score (nSPS) is 13.8. The lowest BCUT2D eigenvalue weighted by molar-refractivity contribution is 0.553. The van der Waals surface area contributed by atoms with Crippen LogP contribution in [0.15, 0.2) is 15.9 Å². The summed E-state index contributed by atoms with van der Waals surface area (Å²) in [5.74, 6) is 0. The van der Waals surface area contributed by atoms with Crippen molar-refractivity contribution in [3.8, 4) is 0 Å². The molecule has 1 rings (SSSR count). The van der Waals surface area contributed by atoms with Crippen LogP contribution in [0.25, 0.3) is 0 Å². The fourth-order valence-electron chi connectivity index (χ4n) is 1.32. The standard InChI is InChI=1S/C10H17BrN2O2S2/c1-8(10-6-9(11)7-16-10)12-4-3-5-13-17(2,14)15/h6-8,12-13H,3-5H2,1-2H3. The molecular weight excluding hydrogens is 324 g/mol. The van der Waals surface area contributed by atoms with Gasteiger partial charge in [0.1, 0.15) is 0 Å². The van der Waals surface area contributed by atoms with Crippen LogP contribution < -0.4 is 10.0 Å². The maximum absolute atomic E-state index is 10.8. The molecule has 0 aromatic carbocycles. The van der Waals surface area contributed by atoms with E-state index in [1.54, 1.807) is 11.3 Å². The van der Waals surface area contributed by atoms with Crippen molar-refractivity contribution in [3.63, 3.8) is 0 Å². The second-order valence-corrected chi connectivity index (χ2v) is 7.55. The topological polar surface area (TPSA) is 58.2 Å². The van der Waals surface area contributed by atoms with Crippen molar-refractivity contribution in [2.75, 3.05) is 19.3 Å². The number of sulfonamides is 1. The van der Waals surface area contributed by atoms with E-state index in [0.29, 0.717) is 12.6 Å². The van der Waals surface area contributed by atoms with E-state index in [0.717, 1.165) is 17.4 Å². The molecule has 1 aromatic rings. The van der Waals surface area contributed by atoms with Crippen LogP contribution in [0.2, 0.25) is 0 Å². The first kappa shape index (κ1) is 15.1. The summed E-state index contributed by atoms with van der Waals surface area (Å²) in [6, 6.07) is 2.39. The summed E-state index contributed by atoms with van der Waals surface area (Å²) in [5, 5.41) is 5.41. The number of nitrogens with one attached hydrogen (secondary N) is 2. The lowest BCUT2D eigenvalue weighted by Crippen LogP contribution is -2.27. The molecule has 0 spiro atoms. The zero-order valence-electron chi connectivity index (χ0n) is 9.86. The van der Waals surface area contributed by atoms with E-state index in [4.69, 9.17) is 0 Å². The first-order chi connectivity index (χ1) is 7.88. The maximum Gasteiger partial charge on any atom is 0.208 e. The second kappa shape index (κ2) is 6.84. The molecule has 0 saturated carbocycles. The van der Waals surface area contributed by atoms with Gasteiger partial charge < -0.3 is 5.32 Å². The lowest BCUT2D eigenvalue weighted by Gasteiger charge is -2.11. The fraction of sp³-hybridized carbons (Fsp3) is 0.600. The first-order valence-electron chi connectivity index (χ1n) is 5.30. The minimum atomic E-state index is -3.06. The molecule has 0 bridgehead atoms. The summed E-state index contributed by atoms with van der Waals surface area (Å²) < 4.78 is 25.2. The van der Waals surface area contributed by atoms with Crippen LogP contribution in [0.3, 0.4) is 0 Å². The van der Waals surface area contributed by atoms with Gasteiger partial charge in [-0.05, 0) is 41.9 Å². The van der Waals surface area contributed by atoms with Gasteiger partial charge in [0.25, 0.3) is 0 Å². The molecule has 0 aliphatic rings. The second-order valence-electron chi connectivity index (χ2n) is 3.86. The zero-order valence-corrected chi connectivity index (χ0v) is 13.1. The van der Waals surface area contributed by atoms with Crippen LogP contribution in [0, 0.1) is 0 Å². The summed E-state index contributed by atoms with van der Waals surface area (Å²) in [7, 11) is -3.06. The Bertz CT molecular complexity index is 445. The zero-order chi connectivity index (χ0) is 12.9. The predicted molar refractivity (Wildman–Crippen MR) is 75.9 cm³/mol. The average Bonchev–Trinajstić information content (AvgIpc) is 2.62. The Hall–Kier alpha value is 0.0500. The lowest BCUT2D eigenvalue weighted by atomic mass is 10.2. The molecule has 0 amide bonds. The van der Waals surface area contributed by atoms with Gasteiger partial charge in [0, 0.05) is 27.3 Å². The third kappa shape index (κ3) is 6.52. The van der Waals surface area contributed by atoms with Crippen molar-refractivity contribution in [3.05, 3.63) is 20.8 Å². The van der Waals surface area contributed by atoms with Gasteiger partial charge in [-0.2, -0.15) is 0 Å². The third-order valence-electron chi connectivity index (χ3n) is 2.18. The van der Waals surface area contributed by atoms with E-state index < -0.39 is 10.0 Å². The van der Waals surface area contributed by atoms with E-state index in [-0.39, 0.29) is 0 Å². The SMILES string of the molecule is CC(NCCCNS(C)(=O)=O)c1cc(Br)cs1. The summed E-state index contributed by atoms with van der Waals surface area (Å²) in [5.41, 5.74) is 0. The Morgan fingerprint density at radius 1 is 1.47 bits per heavy atom. The highest BCUT2D eigenvalue weighted by atomic mass is 79.9. The number of thiophene rings is 1. The molecule has 0 radical (unpaired) electrons. The molecule has 0 aliphatic carbocycles. The van der Waals surface area contributed by atoms with Gasteiger partial charge in [-0.3, -0.25) is 0 Å². The Kier molecular flexibility index (Phi) is 6.08. The largest absolute Gasteiger partial charge is 0.309 e. The van der Waals surface area contributed by atoms with Crippen LogP contribution in [-0.2, 0) is 10.0 Å². The molecule has 1 aromatic heterocycles. The van der Waals surface area contributed by atoms with E-state index in [9.17, 15) is 8.42 Å². The van der Waals surface area contributed by atoms with Gasteiger partial charge in [-0.15, -0.1) is 11.3 Å². The van der Waals surface area contributed by atoms with E-state index in [1.807, 2.05) is 0 Å². The van der Waals surface area contributed by atoms with Crippen LogP contribution in [0.1, 0.15) is 24.3 Å². The van der Waals surface area contributed by atoms with Gasteiger partial charge in [0.15, 0.2) is 0 Å². The molecule has 1 heterocycles. The molecule has 7 heteroatoms. The molecule has 1 unspecified atom stereocenters. The van der Waals surface area contributed by atoms with Gasteiger partial charge in [-0.25, -0.2) is 13.1 Å². The van der Waals surface area contributed by atoms with Gasteiger partial charge >= 0.3 is 0 Å². The van der Waals surface area contributed by atoms with Gasteiger partial charge in [0.05, 0.1) is 6.26 Å². The van der Waals surface area contributed by atoms with Crippen molar-refractivity contribution in [1.82, 2.24) is 10.0 Å². The monoisotopic (exact) mass is 340 g/mol. The summed E-state index contributed by atoms with van der Waals surface area (Å²) in [6.45, 7) is 3.37. The first-order valence-corrected chi connectivity index (χ1v) is 8.87. The van der Waals surface area contributed by atoms with Crippen LogP contribution in [0.4, 0.5) is 0 Å². The van der Waals surface area contributed by atoms with Gasteiger partial charge in [0.2, 0.25) is 10.0 Å². The number of rotatable bonds is 7. The number of hydrogen-bond donors (Lipinski definition) is 2. The Morgan fingerprint density at radius 3 is 2.71 bits per heavy atom. The van der Waals surface area contributed by atoms with Gasteiger partial charge in [-0.1, -0.05) is 0 Å². The molecule has 0 aliphatic heterocycles. The fourth-order valence-corrected chi connectivity index (χ4v) is 3.31. The van der Waals surface area contributed by atoms with E-state index in [2.05, 4.69) is 44.3 Å². The highest BCUT2D eigenvalue weighted by Crippen LogP contribution is 2.25.